The number of aliphatic carboxylic acids is 2. The first-order chi connectivity index (χ1) is 6.52. The average Bonchev–Trinajstić information content (AvgIpc) is 2.17. The molecule has 0 amide bonds. The fraction of sp³-hybridized carbons (Fsp3) is 0.400. The van der Waals surface area contributed by atoms with Crippen molar-refractivity contribution in [2.24, 2.45) is 5.41 Å². The van der Waals surface area contributed by atoms with Crippen LogP contribution in [0.15, 0.2) is 24.3 Å². The van der Waals surface area contributed by atoms with Crippen LogP contribution >= 0.6 is 0 Å². The van der Waals surface area contributed by atoms with Crippen LogP contribution in [0.3, 0.4) is 0 Å². The molecule has 0 aliphatic heterocycles. The second kappa shape index (κ2) is 3.65. The van der Waals surface area contributed by atoms with E-state index < -0.39 is 17.4 Å². The Balaban J connectivity index is 2.88. The summed E-state index contributed by atoms with van der Waals surface area (Å²) in [6.45, 7) is 3.49. The van der Waals surface area contributed by atoms with E-state index in [-0.39, 0.29) is 12.8 Å². The lowest BCUT2D eigenvalue weighted by molar-refractivity contribution is -0.147. The van der Waals surface area contributed by atoms with Crippen LogP contribution in [0.2, 0.25) is 0 Å². The van der Waals surface area contributed by atoms with Gasteiger partial charge in [-0.1, -0.05) is 12.2 Å². The molecule has 0 aromatic heterocycles. The lowest BCUT2D eigenvalue weighted by Gasteiger charge is -2.28. The Morgan fingerprint density at radius 1 is 1.50 bits per heavy atom. The Morgan fingerprint density at radius 3 is 2.43 bits per heavy atom. The second-order valence-electron chi connectivity index (χ2n) is 3.40. The minimum atomic E-state index is -0.973. The number of carbonyl (C=O) groups is 2. The molecule has 0 saturated carbocycles. The third-order valence-electron chi connectivity index (χ3n) is 2.64. The number of hydrogen-bond donors (Lipinski definition) is 2. The second-order valence-corrected chi connectivity index (χ2v) is 3.40. The van der Waals surface area contributed by atoms with E-state index in [0.717, 1.165) is 0 Å². The largest absolute Gasteiger partial charge is 0.481 e. The smallest absolute Gasteiger partial charge is 0.331 e. The Kier molecular flexibility index (Phi) is 2.74. The van der Waals surface area contributed by atoms with Crippen molar-refractivity contribution < 1.29 is 19.8 Å². The summed E-state index contributed by atoms with van der Waals surface area (Å²) in [5.41, 5.74) is -0.678. The summed E-state index contributed by atoms with van der Waals surface area (Å²) in [6.07, 6.45) is 3.68. The first kappa shape index (κ1) is 10.5. The molecule has 14 heavy (non-hydrogen) atoms. The van der Waals surface area contributed by atoms with Gasteiger partial charge < -0.3 is 10.2 Å². The predicted octanol–water partition coefficient (Wildman–Crippen LogP) is 1.44. The molecule has 4 nitrogen and oxygen atoms in total. The highest BCUT2D eigenvalue weighted by Crippen LogP contribution is 2.36. The molecular weight excluding hydrogens is 184 g/mol. The van der Waals surface area contributed by atoms with Crippen molar-refractivity contribution in [3.63, 3.8) is 0 Å². The minimum absolute atomic E-state index is 0.216. The van der Waals surface area contributed by atoms with Crippen LogP contribution in [0.1, 0.15) is 19.3 Å². The zero-order chi connectivity index (χ0) is 10.8. The van der Waals surface area contributed by atoms with Crippen LogP contribution in [0.5, 0.6) is 0 Å². The van der Waals surface area contributed by atoms with E-state index >= 15 is 0 Å². The van der Waals surface area contributed by atoms with Gasteiger partial charge in [0.2, 0.25) is 0 Å². The van der Waals surface area contributed by atoms with E-state index in [1.54, 1.807) is 0 Å². The van der Waals surface area contributed by atoms with Gasteiger partial charge in [-0.25, -0.2) is 4.79 Å². The molecule has 1 aliphatic rings. The molecule has 1 atom stereocenters. The number of carboxylic acid groups (broad SMARTS) is 2. The normalized spacial score (nSPS) is 26.4. The Labute approximate surface area is 81.6 Å². The first-order valence-corrected chi connectivity index (χ1v) is 4.31. The van der Waals surface area contributed by atoms with Crippen LogP contribution < -0.4 is 0 Å². The van der Waals surface area contributed by atoms with Crippen molar-refractivity contribution in [3.8, 4) is 0 Å². The fourth-order valence-corrected chi connectivity index (χ4v) is 1.53. The zero-order valence-electron chi connectivity index (χ0n) is 7.69. The fourth-order valence-electron chi connectivity index (χ4n) is 1.53. The molecule has 0 spiro atoms. The van der Waals surface area contributed by atoms with Crippen LogP contribution in [0.4, 0.5) is 0 Å². The Hall–Kier alpha value is -1.58. The van der Waals surface area contributed by atoms with Crippen molar-refractivity contribution in [3.05, 3.63) is 24.3 Å². The van der Waals surface area contributed by atoms with Gasteiger partial charge in [-0.15, -0.1) is 6.58 Å². The van der Waals surface area contributed by atoms with E-state index in [1.807, 2.05) is 0 Å². The Bertz CT molecular complexity index is 316. The molecule has 0 heterocycles. The summed E-state index contributed by atoms with van der Waals surface area (Å²) >= 11 is 0. The van der Waals surface area contributed by atoms with Crippen LogP contribution in [-0.2, 0) is 9.59 Å². The number of allylic oxidation sites excluding steroid dienone is 1. The molecule has 2 N–H and O–H groups in total. The molecule has 0 aromatic rings. The average molecular weight is 196 g/mol. The number of carboxylic acids is 2. The maximum atomic E-state index is 10.9. The molecule has 76 valence electrons. The lowest BCUT2D eigenvalue weighted by Crippen LogP contribution is -2.31. The van der Waals surface area contributed by atoms with E-state index in [1.165, 1.54) is 12.2 Å². The van der Waals surface area contributed by atoms with Gasteiger partial charge in [0, 0.05) is 5.57 Å². The highest BCUT2D eigenvalue weighted by atomic mass is 16.4. The zero-order valence-corrected chi connectivity index (χ0v) is 7.69. The molecule has 4 heteroatoms. The monoisotopic (exact) mass is 196 g/mol. The summed E-state index contributed by atoms with van der Waals surface area (Å²) in [5.74, 6) is -1.90. The maximum Gasteiger partial charge on any atom is 0.331 e. The van der Waals surface area contributed by atoms with Crippen molar-refractivity contribution in [1.82, 2.24) is 0 Å². The predicted molar refractivity (Wildman–Crippen MR) is 49.8 cm³/mol. The van der Waals surface area contributed by atoms with Crippen molar-refractivity contribution in [2.45, 2.75) is 19.3 Å². The molecule has 0 saturated heterocycles. The molecular formula is C10H12O4. The van der Waals surface area contributed by atoms with Gasteiger partial charge in [-0.3, -0.25) is 4.79 Å². The van der Waals surface area contributed by atoms with Crippen LogP contribution in [-0.4, -0.2) is 22.2 Å². The summed E-state index contributed by atoms with van der Waals surface area (Å²) in [5, 5.41) is 17.6. The third-order valence-corrected chi connectivity index (χ3v) is 2.64. The van der Waals surface area contributed by atoms with Crippen LogP contribution in [0, 0.1) is 5.41 Å². The van der Waals surface area contributed by atoms with E-state index in [2.05, 4.69) is 6.58 Å². The van der Waals surface area contributed by atoms with E-state index in [9.17, 15) is 9.59 Å². The van der Waals surface area contributed by atoms with Crippen molar-refractivity contribution in [2.75, 3.05) is 0 Å². The third kappa shape index (κ3) is 1.69. The van der Waals surface area contributed by atoms with Crippen LogP contribution in [0.25, 0.3) is 0 Å². The van der Waals surface area contributed by atoms with Gasteiger partial charge in [0.15, 0.2) is 0 Å². The number of hydrogen-bond acceptors (Lipinski definition) is 2. The lowest BCUT2D eigenvalue weighted by atomic mass is 9.75. The van der Waals surface area contributed by atoms with Gasteiger partial charge in [0.25, 0.3) is 0 Å². The van der Waals surface area contributed by atoms with E-state index in [4.69, 9.17) is 10.2 Å². The van der Waals surface area contributed by atoms with Gasteiger partial charge in [-0.2, -0.15) is 0 Å². The number of rotatable bonds is 3. The summed E-state index contributed by atoms with van der Waals surface area (Å²) in [4.78, 5) is 21.5. The topological polar surface area (TPSA) is 74.6 Å². The Morgan fingerprint density at radius 2 is 2.14 bits per heavy atom. The van der Waals surface area contributed by atoms with E-state index in [0.29, 0.717) is 12.0 Å². The van der Waals surface area contributed by atoms with Crippen molar-refractivity contribution >= 4 is 11.9 Å². The minimum Gasteiger partial charge on any atom is -0.481 e. The van der Waals surface area contributed by atoms with Gasteiger partial charge >= 0.3 is 11.9 Å². The standard InChI is InChI=1S/C10H12O4/c1-2-10(9(13)14)5-3-7(4-6-10)8(11)12/h2-3H,1,4-6H2,(H,11,12)(H,13,14). The van der Waals surface area contributed by atoms with Crippen molar-refractivity contribution in [1.29, 1.82) is 0 Å². The molecule has 1 rings (SSSR count). The molecule has 0 bridgehead atoms. The quantitative estimate of drug-likeness (QED) is 0.670. The van der Waals surface area contributed by atoms with Gasteiger partial charge in [0.05, 0.1) is 5.41 Å². The maximum absolute atomic E-state index is 10.9. The SMILES string of the molecule is C=CC1(C(=O)O)CC=C(C(=O)O)CC1. The summed E-state index contributed by atoms with van der Waals surface area (Å²) < 4.78 is 0. The van der Waals surface area contributed by atoms with Gasteiger partial charge in [-0.05, 0) is 19.3 Å². The molecule has 0 radical (unpaired) electrons. The first-order valence-electron chi connectivity index (χ1n) is 4.31. The molecule has 1 aliphatic carbocycles. The highest BCUT2D eigenvalue weighted by Gasteiger charge is 2.37. The highest BCUT2D eigenvalue weighted by molar-refractivity contribution is 5.88. The molecule has 0 aromatic carbocycles. The molecule has 1 unspecified atom stereocenters. The van der Waals surface area contributed by atoms with Gasteiger partial charge in [0.1, 0.15) is 0 Å². The summed E-state index contributed by atoms with van der Waals surface area (Å²) in [7, 11) is 0. The summed E-state index contributed by atoms with van der Waals surface area (Å²) in [6, 6.07) is 0. The molecule has 0 fully saturated rings.